The molecule has 0 amide bonds. The molecule has 1 aliphatic heterocycles. The molecule has 2 heteroatoms. The summed E-state index contributed by atoms with van der Waals surface area (Å²) >= 11 is 0. The first kappa shape index (κ1) is 27.1. The Morgan fingerprint density at radius 1 is 0.211 bits per heavy atom. The summed E-state index contributed by atoms with van der Waals surface area (Å²) in [6, 6.07) is 0. The van der Waals surface area contributed by atoms with Crippen molar-refractivity contribution in [2.45, 2.75) is 62.4 Å². The molecule has 0 N–H and O–H groups in total. The quantitative estimate of drug-likeness (QED) is 0.139. The molecule has 303 valence electrons. The average Bonchev–Trinajstić information content (AvgIpc) is 4.26. The van der Waals surface area contributed by atoms with Gasteiger partial charge in [0.05, 0.1) is 0 Å². The van der Waals surface area contributed by atoms with Crippen LogP contribution >= 0.6 is 0 Å². The molecule has 71 heavy (non-hydrogen) atoms. The van der Waals surface area contributed by atoms with Crippen molar-refractivity contribution in [3.63, 3.8) is 0 Å². The van der Waals surface area contributed by atoms with Crippen LogP contribution in [0.2, 0.25) is 0 Å². The number of hydroxylamine groups is 2. The van der Waals surface area contributed by atoms with Crippen molar-refractivity contribution in [3.05, 3.63) is 22.3 Å². The maximum atomic E-state index is 15.2. The van der Waals surface area contributed by atoms with E-state index in [1.54, 1.807) is 318 Å². The van der Waals surface area contributed by atoms with E-state index in [1.807, 2.05) is 0 Å². The SMILES string of the molecule is CC1(C)CC2(CC(C)(C)N1[O])C13c4c5c6c7c8c9c(c%10c%11c1c1c4c4c%12c5c5c6c6c8c8c%13c9c9c%10c%10c%11c%11c1c1c4c4c%12c%12c5c5c6c8c6c8c%13c9c9c%10c%10c%11c1c1c4c4c%12c5c6c5c8c9c%10c1c45)C723. The zero-order valence-corrected chi connectivity index (χ0v) is 37.8. The zero-order valence-electron chi connectivity index (χ0n) is 37.8. The van der Waals surface area contributed by atoms with Gasteiger partial charge in [-0.25, -0.2) is 0 Å². The Kier molecular flexibility index (Phi) is 2.21. The van der Waals surface area contributed by atoms with Gasteiger partial charge in [0.1, 0.15) is 0 Å². The fraction of sp³-hybridized carbons (Fsp3) is 0.159. The fourth-order valence-corrected chi connectivity index (χ4v) is 27.9. The van der Waals surface area contributed by atoms with Gasteiger partial charge in [-0.05, 0) is 354 Å². The Morgan fingerprint density at radius 2 is 0.324 bits per heavy atom. The Bertz CT molecular complexity index is 6730. The Labute approximate surface area is 389 Å². The maximum absolute atomic E-state index is 15.2. The van der Waals surface area contributed by atoms with Gasteiger partial charge in [0.15, 0.2) is 0 Å². The number of hydrogen-bond acceptors (Lipinski definition) is 1. The summed E-state index contributed by atoms with van der Waals surface area (Å²) in [4.78, 5) is 0. The summed E-state index contributed by atoms with van der Waals surface area (Å²) in [5.41, 5.74) is 5.32. The summed E-state index contributed by atoms with van der Waals surface area (Å²) in [6.45, 7) is 9.43. The van der Waals surface area contributed by atoms with E-state index < -0.39 is 11.1 Å². The van der Waals surface area contributed by atoms with Gasteiger partial charge in [-0.3, -0.25) is 0 Å². The molecule has 5 aliphatic carbocycles. The monoisotopic (exact) mass is 874 g/mol. The van der Waals surface area contributed by atoms with Crippen molar-refractivity contribution in [2.75, 3.05) is 0 Å². The van der Waals surface area contributed by atoms with Gasteiger partial charge in [-0.2, -0.15) is 0 Å². The van der Waals surface area contributed by atoms with Crippen LogP contribution in [0, 0.1) is 5.41 Å². The first-order valence-electron chi connectivity index (χ1n) is 27.0. The topological polar surface area (TPSA) is 23.1 Å². The summed E-state index contributed by atoms with van der Waals surface area (Å²) in [7, 11) is 0. The molecule has 28 aromatic carbocycles. The lowest BCUT2D eigenvalue weighted by Gasteiger charge is -2.52. The van der Waals surface area contributed by atoms with Crippen LogP contribution in [0.15, 0.2) is 0 Å². The van der Waals surface area contributed by atoms with Crippen molar-refractivity contribution in [2.24, 2.45) is 5.41 Å². The number of rotatable bonds is 0. The van der Waals surface area contributed by atoms with Gasteiger partial charge in [0.2, 0.25) is 0 Å². The van der Waals surface area contributed by atoms with Gasteiger partial charge in [-0.1, -0.05) is 0 Å². The third-order valence-electron chi connectivity index (χ3n) is 27.3. The van der Waals surface area contributed by atoms with Gasteiger partial charge in [-0.15, -0.1) is 10.3 Å². The predicted molar refractivity (Wildman–Crippen MR) is 296 cm³/mol. The van der Waals surface area contributed by atoms with Crippen LogP contribution < -0.4 is 0 Å². The Hall–Kier alpha value is -7.62. The number of piperidine rings is 1. The molecule has 0 atom stereocenters. The van der Waals surface area contributed by atoms with Crippen molar-refractivity contribution in [1.29, 1.82) is 0 Å². The molecule has 3 spiro atoms. The lowest BCUT2D eigenvalue weighted by Crippen LogP contribution is -2.60. The third-order valence-corrected chi connectivity index (χ3v) is 27.3. The minimum atomic E-state index is -0.534. The molecule has 6 aliphatic rings. The van der Waals surface area contributed by atoms with E-state index in [0.29, 0.717) is 0 Å². The van der Waals surface area contributed by atoms with E-state index >= 15 is 5.21 Å². The molecule has 2 fully saturated rings. The molecule has 28 aromatic rings. The van der Waals surface area contributed by atoms with E-state index in [9.17, 15) is 0 Å². The van der Waals surface area contributed by atoms with E-state index in [1.165, 1.54) is 0 Å². The number of benzene rings is 18. The van der Waals surface area contributed by atoms with Crippen LogP contribution in [0.4, 0.5) is 0 Å². The first-order valence-corrected chi connectivity index (χ1v) is 27.0. The Morgan fingerprint density at radius 3 is 0.451 bits per heavy atom. The van der Waals surface area contributed by atoms with Crippen LogP contribution in [0.25, 0.3) is 291 Å². The number of hydrogen-bond donors (Lipinski definition) is 0. The van der Waals surface area contributed by atoms with E-state index in [2.05, 4.69) is 27.7 Å². The van der Waals surface area contributed by atoms with E-state index in [4.69, 9.17) is 0 Å². The minimum absolute atomic E-state index is 0.169. The van der Waals surface area contributed by atoms with Crippen LogP contribution in [-0.2, 0) is 16.0 Å². The molecule has 1 radical (unpaired) electrons. The molecule has 2 nitrogen and oxygen atoms in total. The molecular weight excluding hydrogens is 859 g/mol. The van der Waals surface area contributed by atoms with Crippen molar-refractivity contribution >= 4 is 291 Å². The second-order valence-corrected chi connectivity index (χ2v) is 28.6. The molecule has 1 heterocycles. The van der Waals surface area contributed by atoms with Crippen LogP contribution in [0.5, 0.6) is 0 Å². The third kappa shape index (κ3) is 1.38. The van der Waals surface area contributed by atoms with Gasteiger partial charge < -0.3 is 0 Å². The summed E-state index contributed by atoms with van der Waals surface area (Å²) in [5.74, 6) is 0. The smallest absolute Gasteiger partial charge is 0.0449 e. The Balaban J connectivity index is 1.16. The molecule has 0 bridgehead atoms. The van der Waals surface area contributed by atoms with E-state index in [-0.39, 0.29) is 16.2 Å². The molecule has 1 saturated carbocycles. The van der Waals surface area contributed by atoms with E-state index in [0.717, 1.165) is 12.8 Å². The highest BCUT2D eigenvalue weighted by molar-refractivity contribution is 6.82. The normalized spacial score (nSPS) is 23.1. The molecular formula is C69H16NO. The lowest BCUT2D eigenvalue weighted by atomic mass is 9.66. The van der Waals surface area contributed by atoms with Crippen molar-refractivity contribution < 1.29 is 5.21 Å². The summed E-state index contributed by atoms with van der Waals surface area (Å²) in [5, 5.41) is 106. The van der Waals surface area contributed by atoms with Gasteiger partial charge in [0, 0.05) is 27.3 Å². The van der Waals surface area contributed by atoms with Crippen LogP contribution in [-0.4, -0.2) is 16.1 Å². The average molecular weight is 875 g/mol. The number of nitrogens with zero attached hydrogens (tertiary/aromatic N) is 1. The molecule has 0 unspecified atom stereocenters. The van der Waals surface area contributed by atoms with Gasteiger partial charge in [0.25, 0.3) is 0 Å². The second-order valence-electron chi connectivity index (χ2n) is 28.6. The fourth-order valence-electron chi connectivity index (χ4n) is 27.9. The van der Waals surface area contributed by atoms with Crippen LogP contribution in [0.3, 0.4) is 0 Å². The maximum Gasteiger partial charge on any atom is 0.0449 e. The molecule has 34 rings (SSSR count). The van der Waals surface area contributed by atoms with Crippen molar-refractivity contribution in [1.82, 2.24) is 5.06 Å². The molecule has 0 aromatic heterocycles. The largest absolute Gasteiger partial charge is 0.144 e. The predicted octanol–water partition coefficient (Wildman–Crippen LogP) is 18.3. The highest BCUT2D eigenvalue weighted by Crippen LogP contribution is 2.99. The van der Waals surface area contributed by atoms with Crippen LogP contribution in [0.1, 0.15) is 62.8 Å². The summed E-state index contributed by atoms with van der Waals surface area (Å²) in [6.07, 6.45) is 1.84. The standard InChI is InChI=1S/C69H16NO/c1-65(2)5-67(6-66(3,4)70(65)71)68-61-53-45-35-25-17-9-7-8-11-15-13(9)21-29-23(15)33-27-19(11)20-12(8)16-14-10(7)18(17)26-32-22(14)30-24(16)34-28(20)38-37(27)47-41(33)51-43(29)49(39(45)31(21)25)57(61)59(51)63-55(47)56-48(38)42(34)52-44(30)50-40(32)46(36(26)35)54(53)62(68)58(50)60(52)64(56)69(63,67)68/h5-6H2,1-4H3. The lowest BCUT2D eigenvalue weighted by molar-refractivity contribution is -0.298. The molecule has 1 saturated heterocycles. The minimum Gasteiger partial charge on any atom is -0.144 e. The van der Waals surface area contributed by atoms with Crippen molar-refractivity contribution in [3.8, 4) is 0 Å². The van der Waals surface area contributed by atoms with Gasteiger partial charge >= 0.3 is 0 Å². The summed E-state index contributed by atoms with van der Waals surface area (Å²) < 4.78 is 0. The highest BCUT2D eigenvalue weighted by Gasteiger charge is 2.95. The zero-order chi connectivity index (χ0) is 43.0. The highest BCUT2D eigenvalue weighted by atomic mass is 16.5. The second kappa shape index (κ2) is 5.80. The first-order chi connectivity index (χ1) is 34.8.